The van der Waals surface area contributed by atoms with Crippen LogP contribution < -0.4 is 10.6 Å². The number of hydrogen-bond donors (Lipinski definition) is 2. The smallest absolute Gasteiger partial charge is 0.237 e. The molecule has 2 unspecified atom stereocenters. The number of amides is 1. The highest BCUT2D eigenvalue weighted by atomic mass is 16.2. The first-order chi connectivity index (χ1) is 6.25. The summed E-state index contributed by atoms with van der Waals surface area (Å²) in [4.78, 5) is 11.5. The van der Waals surface area contributed by atoms with Crippen molar-refractivity contribution in [2.24, 2.45) is 5.92 Å². The van der Waals surface area contributed by atoms with Crippen molar-refractivity contribution in [3.05, 3.63) is 0 Å². The van der Waals surface area contributed by atoms with Crippen LogP contribution in [0.3, 0.4) is 0 Å². The quantitative estimate of drug-likeness (QED) is 0.478. The Morgan fingerprint density at radius 1 is 1.77 bits per heavy atom. The molecule has 1 heterocycles. The fourth-order valence-electron chi connectivity index (χ4n) is 1.55. The van der Waals surface area contributed by atoms with E-state index in [-0.39, 0.29) is 11.9 Å². The maximum absolute atomic E-state index is 11.5. The second-order valence-corrected chi connectivity index (χ2v) is 3.44. The Bertz CT molecular complexity index is 219. The Morgan fingerprint density at radius 2 is 2.54 bits per heavy atom. The molecule has 1 saturated heterocycles. The van der Waals surface area contributed by atoms with Crippen LogP contribution in [0, 0.1) is 18.3 Å². The lowest BCUT2D eigenvalue weighted by molar-refractivity contribution is -0.123. The SMILES string of the molecule is C#CCCNC(=O)C1NCCC1C. The number of carbonyl (C=O) groups is 1. The van der Waals surface area contributed by atoms with Gasteiger partial charge in [0, 0.05) is 13.0 Å². The minimum atomic E-state index is -0.0159. The molecular formula is C10H16N2O. The largest absolute Gasteiger partial charge is 0.354 e. The summed E-state index contributed by atoms with van der Waals surface area (Å²) in [6.45, 7) is 3.61. The van der Waals surface area contributed by atoms with Crippen LogP contribution in [-0.2, 0) is 4.79 Å². The van der Waals surface area contributed by atoms with Crippen LogP contribution in [0.4, 0.5) is 0 Å². The summed E-state index contributed by atoms with van der Waals surface area (Å²) >= 11 is 0. The molecule has 0 aromatic rings. The van der Waals surface area contributed by atoms with E-state index in [4.69, 9.17) is 6.42 Å². The van der Waals surface area contributed by atoms with Crippen molar-refractivity contribution in [3.8, 4) is 12.3 Å². The molecule has 0 spiro atoms. The van der Waals surface area contributed by atoms with Crippen molar-refractivity contribution in [1.82, 2.24) is 10.6 Å². The van der Waals surface area contributed by atoms with E-state index in [1.165, 1.54) is 0 Å². The van der Waals surface area contributed by atoms with Crippen LogP contribution in [0.5, 0.6) is 0 Å². The molecule has 1 aliphatic rings. The number of nitrogens with one attached hydrogen (secondary N) is 2. The summed E-state index contributed by atoms with van der Waals surface area (Å²) in [6, 6.07) is -0.0159. The van der Waals surface area contributed by atoms with Gasteiger partial charge in [-0.15, -0.1) is 12.3 Å². The standard InChI is InChI=1S/C10H16N2O/c1-3-4-6-12-10(13)9-8(2)5-7-11-9/h1,8-9,11H,4-7H2,2H3,(H,12,13). The highest BCUT2D eigenvalue weighted by Crippen LogP contribution is 2.13. The fraction of sp³-hybridized carbons (Fsp3) is 0.700. The van der Waals surface area contributed by atoms with Gasteiger partial charge in [0.2, 0.25) is 5.91 Å². The summed E-state index contributed by atoms with van der Waals surface area (Å²) in [5.74, 6) is 3.01. The average Bonchev–Trinajstić information content (AvgIpc) is 2.52. The topological polar surface area (TPSA) is 41.1 Å². The van der Waals surface area contributed by atoms with Crippen molar-refractivity contribution in [2.45, 2.75) is 25.8 Å². The Kier molecular flexibility index (Phi) is 3.78. The van der Waals surface area contributed by atoms with E-state index < -0.39 is 0 Å². The van der Waals surface area contributed by atoms with Gasteiger partial charge in [-0.2, -0.15) is 0 Å². The molecule has 2 N–H and O–H groups in total. The van der Waals surface area contributed by atoms with Gasteiger partial charge in [-0.05, 0) is 18.9 Å². The highest BCUT2D eigenvalue weighted by Gasteiger charge is 2.28. The van der Waals surface area contributed by atoms with E-state index in [1.54, 1.807) is 0 Å². The third kappa shape index (κ3) is 2.74. The van der Waals surface area contributed by atoms with Gasteiger partial charge in [0.25, 0.3) is 0 Å². The summed E-state index contributed by atoms with van der Waals surface area (Å²) in [6.07, 6.45) is 6.76. The van der Waals surface area contributed by atoms with Gasteiger partial charge < -0.3 is 10.6 Å². The second kappa shape index (κ2) is 4.88. The lowest BCUT2D eigenvalue weighted by Crippen LogP contribution is -2.43. The minimum Gasteiger partial charge on any atom is -0.354 e. The van der Waals surface area contributed by atoms with Gasteiger partial charge in [0.1, 0.15) is 0 Å². The maximum atomic E-state index is 11.5. The summed E-state index contributed by atoms with van der Waals surface area (Å²) in [5.41, 5.74) is 0. The van der Waals surface area contributed by atoms with Crippen molar-refractivity contribution in [3.63, 3.8) is 0 Å². The van der Waals surface area contributed by atoms with Crippen molar-refractivity contribution >= 4 is 5.91 Å². The van der Waals surface area contributed by atoms with Crippen molar-refractivity contribution < 1.29 is 4.79 Å². The van der Waals surface area contributed by atoms with Crippen molar-refractivity contribution in [1.29, 1.82) is 0 Å². The molecule has 3 heteroatoms. The Morgan fingerprint density at radius 3 is 3.08 bits per heavy atom. The van der Waals surface area contributed by atoms with E-state index in [9.17, 15) is 4.79 Å². The first-order valence-electron chi connectivity index (χ1n) is 4.70. The first kappa shape index (κ1) is 10.1. The predicted molar refractivity (Wildman–Crippen MR) is 52.0 cm³/mol. The molecule has 0 saturated carbocycles. The molecule has 72 valence electrons. The van der Waals surface area contributed by atoms with Gasteiger partial charge >= 0.3 is 0 Å². The maximum Gasteiger partial charge on any atom is 0.237 e. The van der Waals surface area contributed by atoms with Gasteiger partial charge in [0.15, 0.2) is 0 Å². The van der Waals surface area contributed by atoms with Crippen LogP contribution in [0.2, 0.25) is 0 Å². The van der Waals surface area contributed by atoms with Crippen LogP contribution in [0.25, 0.3) is 0 Å². The molecule has 1 fully saturated rings. The van der Waals surface area contributed by atoms with E-state index in [0.29, 0.717) is 18.9 Å². The minimum absolute atomic E-state index is 0.0159. The third-order valence-corrected chi connectivity index (χ3v) is 2.38. The van der Waals surface area contributed by atoms with E-state index in [1.807, 2.05) is 0 Å². The van der Waals surface area contributed by atoms with Gasteiger partial charge in [0.05, 0.1) is 6.04 Å². The normalized spacial score (nSPS) is 26.8. The Hall–Kier alpha value is -1.01. The lowest BCUT2D eigenvalue weighted by atomic mass is 10.0. The molecule has 0 aliphatic carbocycles. The third-order valence-electron chi connectivity index (χ3n) is 2.38. The number of terminal acetylenes is 1. The Balaban J connectivity index is 2.27. The summed E-state index contributed by atoms with van der Waals surface area (Å²) < 4.78 is 0. The number of rotatable bonds is 3. The predicted octanol–water partition coefficient (Wildman–Crippen LogP) is 0.124. The summed E-state index contributed by atoms with van der Waals surface area (Å²) in [5, 5.41) is 5.98. The molecule has 3 nitrogen and oxygen atoms in total. The number of hydrogen-bond acceptors (Lipinski definition) is 2. The molecule has 1 rings (SSSR count). The zero-order valence-corrected chi connectivity index (χ0v) is 7.97. The monoisotopic (exact) mass is 180 g/mol. The molecule has 0 radical (unpaired) electrons. The van der Waals surface area contributed by atoms with E-state index in [2.05, 4.69) is 23.5 Å². The fourth-order valence-corrected chi connectivity index (χ4v) is 1.55. The molecule has 1 aliphatic heterocycles. The zero-order valence-electron chi connectivity index (χ0n) is 7.97. The van der Waals surface area contributed by atoms with Crippen LogP contribution >= 0.6 is 0 Å². The van der Waals surface area contributed by atoms with E-state index in [0.717, 1.165) is 13.0 Å². The van der Waals surface area contributed by atoms with Gasteiger partial charge in [-0.3, -0.25) is 4.79 Å². The van der Waals surface area contributed by atoms with Gasteiger partial charge in [-0.25, -0.2) is 0 Å². The molecule has 0 aromatic heterocycles. The highest BCUT2D eigenvalue weighted by molar-refractivity contribution is 5.82. The Labute approximate surface area is 79.3 Å². The lowest BCUT2D eigenvalue weighted by Gasteiger charge is -2.14. The summed E-state index contributed by atoms with van der Waals surface area (Å²) in [7, 11) is 0. The number of carbonyl (C=O) groups excluding carboxylic acids is 1. The van der Waals surface area contributed by atoms with Gasteiger partial charge in [-0.1, -0.05) is 6.92 Å². The molecule has 0 aromatic carbocycles. The first-order valence-corrected chi connectivity index (χ1v) is 4.70. The molecule has 13 heavy (non-hydrogen) atoms. The zero-order chi connectivity index (χ0) is 9.68. The molecule has 1 amide bonds. The second-order valence-electron chi connectivity index (χ2n) is 3.44. The average molecular weight is 180 g/mol. The molecule has 0 bridgehead atoms. The van der Waals surface area contributed by atoms with E-state index >= 15 is 0 Å². The molecule has 2 atom stereocenters. The molecular weight excluding hydrogens is 164 g/mol. The van der Waals surface area contributed by atoms with Crippen LogP contribution in [0.15, 0.2) is 0 Å². The van der Waals surface area contributed by atoms with Crippen molar-refractivity contribution in [2.75, 3.05) is 13.1 Å². The van der Waals surface area contributed by atoms with Crippen LogP contribution in [0.1, 0.15) is 19.8 Å². The van der Waals surface area contributed by atoms with Crippen LogP contribution in [-0.4, -0.2) is 25.0 Å².